The highest BCUT2D eigenvalue weighted by Crippen LogP contribution is 2.29. The fourth-order valence-electron chi connectivity index (χ4n) is 1.38. The molecule has 0 radical (unpaired) electrons. The molecule has 0 saturated heterocycles. The van der Waals surface area contributed by atoms with Gasteiger partial charge in [0.15, 0.2) is 0 Å². The van der Waals surface area contributed by atoms with Crippen LogP contribution in [0.5, 0.6) is 5.75 Å². The summed E-state index contributed by atoms with van der Waals surface area (Å²) in [4.78, 5) is 11.8. The molecule has 1 aromatic rings. The molecule has 0 fully saturated rings. The third kappa shape index (κ3) is 4.90. The van der Waals surface area contributed by atoms with Crippen LogP contribution in [0.1, 0.15) is 10.4 Å². The van der Waals surface area contributed by atoms with E-state index in [0.29, 0.717) is 0 Å². The van der Waals surface area contributed by atoms with Gasteiger partial charge in [0.1, 0.15) is 11.3 Å². The molecule has 1 aromatic carbocycles. The van der Waals surface area contributed by atoms with Crippen LogP contribution in [0.2, 0.25) is 0 Å². The van der Waals surface area contributed by atoms with Crippen LogP contribution < -0.4 is 15.8 Å². The van der Waals surface area contributed by atoms with Crippen molar-refractivity contribution in [3.05, 3.63) is 23.8 Å². The number of nitrogens with two attached hydrogens (primary N) is 1. The molecular weight excluding hydrogens is 281 g/mol. The van der Waals surface area contributed by atoms with Gasteiger partial charge in [-0.2, -0.15) is 13.2 Å². The second-order valence-electron chi connectivity index (χ2n) is 3.47. The summed E-state index contributed by atoms with van der Waals surface area (Å²) in [6.07, 6.45) is 0. The smallest absolute Gasteiger partial charge is 0.441 e. The van der Waals surface area contributed by atoms with E-state index < -0.39 is 11.4 Å². The number of carbonyl (C=O) groups excluding carboxylic acids is 1. The van der Waals surface area contributed by atoms with Crippen molar-refractivity contribution in [3.63, 3.8) is 0 Å². The van der Waals surface area contributed by atoms with Crippen LogP contribution in [0.4, 0.5) is 18.9 Å². The van der Waals surface area contributed by atoms with Crippen molar-refractivity contribution in [3.8, 4) is 5.75 Å². The van der Waals surface area contributed by atoms with E-state index in [-0.39, 0.29) is 41.1 Å². The number of rotatable bonds is 5. The maximum absolute atomic E-state index is 11.9. The Balaban J connectivity index is 2.59. The number of ether oxygens (including phenoxy) is 1. The number of nitrogen functional groups attached to an aromatic ring is 1. The first-order valence-corrected chi connectivity index (χ1v) is 6.25. The van der Waals surface area contributed by atoms with Gasteiger partial charge in [-0.15, -0.1) is 0 Å². The largest absolute Gasteiger partial charge is 0.496 e. The zero-order valence-electron chi connectivity index (χ0n) is 10.1. The van der Waals surface area contributed by atoms with Crippen molar-refractivity contribution in [2.24, 2.45) is 0 Å². The summed E-state index contributed by atoms with van der Waals surface area (Å²) in [7, 11) is 1.38. The fraction of sp³-hybridized carbons (Fsp3) is 0.364. The summed E-state index contributed by atoms with van der Waals surface area (Å²) >= 11 is -0.192. The molecule has 8 heteroatoms. The molecule has 106 valence electrons. The topological polar surface area (TPSA) is 64.3 Å². The number of carbonyl (C=O) groups is 1. The average Bonchev–Trinajstić information content (AvgIpc) is 2.32. The van der Waals surface area contributed by atoms with Gasteiger partial charge in [-0.05, 0) is 23.9 Å². The Hall–Kier alpha value is -1.57. The highest BCUT2D eigenvalue weighted by Gasteiger charge is 2.27. The van der Waals surface area contributed by atoms with Crippen molar-refractivity contribution in [2.75, 3.05) is 25.1 Å². The Bertz CT molecular complexity index is 452. The maximum atomic E-state index is 11.9. The molecule has 1 amide bonds. The van der Waals surface area contributed by atoms with Crippen LogP contribution in [0.25, 0.3) is 0 Å². The monoisotopic (exact) mass is 294 g/mol. The third-order valence-corrected chi connectivity index (χ3v) is 2.89. The first-order chi connectivity index (χ1) is 8.85. The van der Waals surface area contributed by atoms with Gasteiger partial charge >= 0.3 is 5.51 Å². The van der Waals surface area contributed by atoms with E-state index in [0.717, 1.165) is 0 Å². The van der Waals surface area contributed by atoms with Gasteiger partial charge in [0.2, 0.25) is 0 Å². The summed E-state index contributed by atoms with van der Waals surface area (Å²) in [6.45, 7) is -0.111. The molecule has 0 bridgehead atoms. The molecule has 4 nitrogen and oxygen atoms in total. The minimum atomic E-state index is -4.30. The summed E-state index contributed by atoms with van der Waals surface area (Å²) in [5.41, 5.74) is 1.68. The molecule has 0 atom stereocenters. The number of nitrogens with one attached hydrogen (secondary N) is 1. The van der Waals surface area contributed by atoms with Crippen LogP contribution in [0.3, 0.4) is 0 Å². The molecule has 0 aliphatic carbocycles. The van der Waals surface area contributed by atoms with Gasteiger partial charge < -0.3 is 15.8 Å². The van der Waals surface area contributed by atoms with Gasteiger partial charge in [0.05, 0.1) is 7.11 Å². The molecule has 0 spiro atoms. The van der Waals surface area contributed by atoms with Crippen molar-refractivity contribution >= 4 is 23.4 Å². The lowest BCUT2D eigenvalue weighted by molar-refractivity contribution is -0.0327. The Morgan fingerprint density at radius 3 is 2.74 bits per heavy atom. The number of halogens is 3. The van der Waals surface area contributed by atoms with Crippen LogP contribution in [0.15, 0.2) is 18.2 Å². The highest BCUT2D eigenvalue weighted by atomic mass is 32.2. The Morgan fingerprint density at radius 2 is 2.16 bits per heavy atom. The van der Waals surface area contributed by atoms with Crippen molar-refractivity contribution in [2.45, 2.75) is 5.51 Å². The molecule has 19 heavy (non-hydrogen) atoms. The lowest BCUT2D eigenvalue weighted by Gasteiger charge is -2.11. The van der Waals surface area contributed by atoms with E-state index in [9.17, 15) is 18.0 Å². The second kappa shape index (κ2) is 6.55. The highest BCUT2D eigenvalue weighted by molar-refractivity contribution is 8.00. The number of alkyl halides is 3. The van der Waals surface area contributed by atoms with Gasteiger partial charge in [0, 0.05) is 18.0 Å². The lowest BCUT2D eigenvalue weighted by Crippen LogP contribution is -2.27. The van der Waals surface area contributed by atoms with Crippen LogP contribution in [-0.4, -0.2) is 30.8 Å². The molecule has 0 heterocycles. The fourth-order valence-corrected chi connectivity index (χ4v) is 1.82. The van der Waals surface area contributed by atoms with Gasteiger partial charge in [-0.25, -0.2) is 0 Å². The molecule has 1 rings (SSSR count). The van der Waals surface area contributed by atoms with Crippen molar-refractivity contribution in [1.82, 2.24) is 5.32 Å². The number of amides is 1. The van der Waals surface area contributed by atoms with E-state index in [2.05, 4.69) is 5.32 Å². The summed E-state index contributed by atoms with van der Waals surface area (Å²) < 4.78 is 40.7. The first kappa shape index (κ1) is 15.5. The average molecular weight is 294 g/mol. The summed E-state index contributed by atoms with van der Waals surface area (Å²) in [6, 6.07) is 4.68. The van der Waals surface area contributed by atoms with E-state index in [1.165, 1.54) is 13.2 Å². The van der Waals surface area contributed by atoms with Crippen molar-refractivity contribution in [1.29, 1.82) is 0 Å². The van der Waals surface area contributed by atoms with Gasteiger partial charge in [-0.1, -0.05) is 6.07 Å². The first-order valence-electron chi connectivity index (χ1n) is 5.26. The van der Waals surface area contributed by atoms with Crippen LogP contribution >= 0.6 is 11.8 Å². The molecule has 0 aromatic heterocycles. The standard InChI is InChI=1S/C11H13F3N2O2S/c1-18-8-4-2-3-7(15)9(8)10(17)16-5-6-19-11(12,13)14/h2-4H,5-6,15H2,1H3,(H,16,17). The predicted molar refractivity (Wildman–Crippen MR) is 68.3 cm³/mol. The van der Waals surface area contributed by atoms with Gasteiger partial charge in [-0.3, -0.25) is 4.79 Å². The van der Waals surface area contributed by atoms with Crippen LogP contribution in [0, 0.1) is 0 Å². The van der Waals surface area contributed by atoms with Crippen molar-refractivity contribution < 1.29 is 22.7 Å². The van der Waals surface area contributed by atoms with Gasteiger partial charge in [0.25, 0.3) is 5.91 Å². The number of hydrogen-bond acceptors (Lipinski definition) is 4. The molecule has 0 unspecified atom stereocenters. The number of anilines is 1. The predicted octanol–water partition coefficient (Wildman–Crippen LogP) is 2.26. The normalized spacial score (nSPS) is 11.2. The molecule has 0 aliphatic rings. The molecule has 3 N–H and O–H groups in total. The number of benzene rings is 1. The maximum Gasteiger partial charge on any atom is 0.441 e. The molecular formula is C11H13F3N2O2S. The van der Waals surface area contributed by atoms with E-state index in [4.69, 9.17) is 10.5 Å². The zero-order chi connectivity index (χ0) is 14.5. The Kier molecular flexibility index (Phi) is 5.34. The molecule has 0 aliphatic heterocycles. The van der Waals surface area contributed by atoms with E-state index in [1.54, 1.807) is 12.1 Å². The quantitative estimate of drug-likeness (QED) is 0.646. The SMILES string of the molecule is COc1cccc(N)c1C(=O)NCCSC(F)(F)F. The third-order valence-electron chi connectivity index (χ3n) is 2.16. The summed E-state index contributed by atoms with van der Waals surface area (Å²) in [5, 5.41) is 2.37. The number of methoxy groups -OCH3 is 1. The lowest BCUT2D eigenvalue weighted by atomic mass is 10.1. The summed E-state index contributed by atoms with van der Waals surface area (Å²) in [5.74, 6) is -0.539. The molecule has 0 saturated carbocycles. The van der Waals surface area contributed by atoms with E-state index in [1.807, 2.05) is 0 Å². The number of thioether (sulfide) groups is 1. The minimum absolute atomic E-state index is 0.111. The van der Waals surface area contributed by atoms with Crippen LogP contribution in [-0.2, 0) is 0 Å². The van der Waals surface area contributed by atoms with E-state index >= 15 is 0 Å². The Labute approximate surface area is 112 Å². The zero-order valence-corrected chi connectivity index (χ0v) is 10.9. The minimum Gasteiger partial charge on any atom is -0.496 e. The number of hydrogen-bond donors (Lipinski definition) is 2. The Morgan fingerprint density at radius 1 is 1.47 bits per heavy atom. The second-order valence-corrected chi connectivity index (χ2v) is 4.63.